The Balaban J connectivity index is 1.54. The first-order valence-corrected chi connectivity index (χ1v) is 8.63. The van der Waals surface area contributed by atoms with Crippen LogP contribution in [0.15, 0.2) is 0 Å². The molecule has 2 N–H and O–H groups in total. The van der Waals surface area contributed by atoms with E-state index in [1.165, 1.54) is 32.1 Å². The van der Waals surface area contributed by atoms with Crippen LogP contribution in [0.3, 0.4) is 0 Å². The van der Waals surface area contributed by atoms with Crippen molar-refractivity contribution in [1.82, 2.24) is 5.32 Å². The van der Waals surface area contributed by atoms with Gasteiger partial charge in [0.2, 0.25) is 0 Å². The summed E-state index contributed by atoms with van der Waals surface area (Å²) in [5.41, 5.74) is 0.489. The van der Waals surface area contributed by atoms with Crippen molar-refractivity contribution in [3.63, 3.8) is 0 Å². The van der Waals surface area contributed by atoms with Gasteiger partial charge in [-0.3, -0.25) is 0 Å². The van der Waals surface area contributed by atoms with E-state index >= 15 is 0 Å². The van der Waals surface area contributed by atoms with Gasteiger partial charge in [-0.05, 0) is 50.5 Å². The molecule has 0 radical (unpaired) electrons. The normalized spacial score (nSPS) is 35.7. The minimum Gasteiger partial charge on any atom is -0.396 e. The molecule has 4 atom stereocenters. The highest BCUT2D eigenvalue weighted by atomic mass is 16.5. The van der Waals surface area contributed by atoms with Gasteiger partial charge in [-0.2, -0.15) is 0 Å². The molecule has 3 heteroatoms. The number of aliphatic hydroxyl groups excluding tert-OH is 1. The Labute approximate surface area is 123 Å². The summed E-state index contributed by atoms with van der Waals surface area (Å²) in [5.74, 6) is 2.11. The lowest BCUT2D eigenvalue weighted by molar-refractivity contribution is -0.176. The predicted molar refractivity (Wildman–Crippen MR) is 80.6 cm³/mol. The van der Waals surface area contributed by atoms with Gasteiger partial charge in [0.15, 0.2) is 0 Å². The Morgan fingerprint density at radius 3 is 2.75 bits per heavy atom. The van der Waals surface area contributed by atoms with Gasteiger partial charge in [-0.25, -0.2) is 0 Å². The van der Waals surface area contributed by atoms with Crippen molar-refractivity contribution in [1.29, 1.82) is 0 Å². The number of rotatable bonds is 7. The summed E-state index contributed by atoms with van der Waals surface area (Å²) in [6.45, 7) is 6.93. The molecule has 2 saturated carbocycles. The Morgan fingerprint density at radius 1 is 1.35 bits per heavy atom. The van der Waals surface area contributed by atoms with Crippen LogP contribution in [0.1, 0.15) is 52.4 Å². The Bertz CT molecular complexity index is 327. The molecule has 1 aliphatic heterocycles. The van der Waals surface area contributed by atoms with Gasteiger partial charge < -0.3 is 15.2 Å². The van der Waals surface area contributed by atoms with Gasteiger partial charge in [-0.1, -0.05) is 20.3 Å². The van der Waals surface area contributed by atoms with Crippen molar-refractivity contribution in [3.8, 4) is 0 Å². The van der Waals surface area contributed by atoms with E-state index in [0.717, 1.165) is 31.4 Å². The van der Waals surface area contributed by atoms with Gasteiger partial charge in [0.25, 0.3) is 0 Å². The van der Waals surface area contributed by atoms with E-state index in [9.17, 15) is 5.11 Å². The topological polar surface area (TPSA) is 41.5 Å². The molecule has 3 nitrogen and oxygen atoms in total. The second-order valence-corrected chi connectivity index (χ2v) is 7.72. The molecule has 0 aromatic rings. The van der Waals surface area contributed by atoms with Crippen LogP contribution in [0, 0.1) is 23.2 Å². The van der Waals surface area contributed by atoms with Crippen molar-refractivity contribution >= 4 is 0 Å². The predicted octanol–water partition coefficient (Wildman–Crippen LogP) is 2.58. The summed E-state index contributed by atoms with van der Waals surface area (Å²) in [6.07, 6.45) is 8.08. The van der Waals surface area contributed by atoms with Gasteiger partial charge >= 0.3 is 0 Å². The first-order chi connectivity index (χ1) is 9.67. The maximum absolute atomic E-state index is 9.25. The molecular weight excluding hydrogens is 250 g/mol. The second kappa shape index (κ2) is 5.94. The largest absolute Gasteiger partial charge is 0.396 e. The van der Waals surface area contributed by atoms with Crippen LogP contribution >= 0.6 is 0 Å². The molecule has 0 aromatic heterocycles. The first-order valence-electron chi connectivity index (χ1n) is 8.63. The fourth-order valence-electron chi connectivity index (χ4n) is 5.01. The van der Waals surface area contributed by atoms with Crippen LogP contribution < -0.4 is 5.32 Å². The third-order valence-corrected chi connectivity index (χ3v) is 6.00. The summed E-state index contributed by atoms with van der Waals surface area (Å²) < 4.78 is 5.98. The van der Waals surface area contributed by atoms with Gasteiger partial charge in [0.1, 0.15) is 0 Å². The van der Waals surface area contributed by atoms with Gasteiger partial charge in [-0.15, -0.1) is 0 Å². The van der Waals surface area contributed by atoms with Crippen molar-refractivity contribution in [2.75, 3.05) is 19.8 Å². The Hall–Kier alpha value is -0.120. The molecular formula is C17H31NO2. The number of nitrogens with one attached hydrogen (secondary N) is 1. The highest BCUT2D eigenvalue weighted by molar-refractivity contribution is 5.18. The third-order valence-electron chi connectivity index (χ3n) is 6.00. The van der Waals surface area contributed by atoms with Crippen LogP contribution in [0.5, 0.6) is 0 Å². The SMILES string of the molecule is CC(C)CC(CCO)CNC1C2CCOC2C12CCC2. The fraction of sp³-hybridized carbons (Fsp3) is 1.00. The molecule has 1 spiro atoms. The zero-order chi connectivity index (χ0) is 14.2. The van der Waals surface area contributed by atoms with E-state index in [4.69, 9.17) is 4.74 Å². The molecule has 4 unspecified atom stereocenters. The summed E-state index contributed by atoms with van der Waals surface area (Å²) in [6, 6.07) is 0.692. The maximum Gasteiger partial charge on any atom is 0.0690 e. The molecule has 116 valence electrons. The van der Waals surface area contributed by atoms with Crippen LogP contribution in [-0.2, 0) is 4.74 Å². The molecule has 0 aromatic carbocycles. The van der Waals surface area contributed by atoms with Crippen LogP contribution in [0.25, 0.3) is 0 Å². The van der Waals surface area contributed by atoms with Crippen LogP contribution in [-0.4, -0.2) is 37.0 Å². The van der Waals surface area contributed by atoms with Crippen LogP contribution in [0.2, 0.25) is 0 Å². The molecule has 3 rings (SSSR count). The molecule has 3 fully saturated rings. The van der Waals surface area contributed by atoms with Crippen molar-refractivity contribution < 1.29 is 9.84 Å². The molecule has 1 saturated heterocycles. The minimum atomic E-state index is 0.323. The zero-order valence-corrected chi connectivity index (χ0v) is 13.1. The Morgan fingerprint density at radius 2 is 2.15 bits per heavy atom. The van der Waals surface area contributed by atoms with E-state index in [-0.39, 0.29) is 0 Å². The number of fused-ring (bicyclic) bond motifs is 2. The Kier molecular flexibility index (Phi) is 4.40. The van der Waals surface area contributed by atoms with Gasteiger partial charge in [0, 0.05) is 30.6 Å². The van der Waals surface area contributed by atoms with E-state index in [0.29, 0.717) is 30.1 Å². The molecule has 0 amide bonds. The van der Waals surface area contributed by atoms with E-state index < -0.39 is 0 Å². The van der Waals surface area contributed by atoms with Gasteiger partial charge in [0.05, 0.1) is 6.10 Å². The average molecular weight is 281 g/mol. The van der Waals surface area contributed by atoms with E-state index in [2.05, 4.69) is 19.2 Å². The van der Waals surface area contributed by atoms with Crippen molar-refractivity contribution in [2.45, 2.75) is 64.5 Å². The lowest BCUT2D eigenvalue weighted by Crippen LogP contribution is -2.71. The maximum atomic E-state index is 9.25. The zero-order valence-electron chi connectivity index (χ0n) is 13.1. The van der Waals surface area contributed by atoms with E-state index in [1.807, 2.05) is 0 Å². The van der Waals surface area contributed by atoms with Crippen molar-refractivity contribution in [2.24, 2.45) is 23.2 Å². The standard InChI is InChI=1S/C17H31NO2/c1-12(2)10-13(4-8-19)11-18-15-14-5-9-20-16(14)17(15)6-3-7-17/h12-16,18-19H,3-11H2,1-2H3. The summed E-state index contributed by atoms with van der Waals surface area (Å²) in [5, 5.41) is 13.1. The lowest BCUT2D eigenvalue weighted by Gasteiger charge is -2.63. The van der Waals surface area contributed by atoms with E-state index in [1.54, 1.807) is 0 Å². The number of hydrogen-bond donors (Lipinski definition) is 2. The highest BCUT2D eigenvalue weighted by Gasteiger charge is 2.66. The molecule has 20 heavy (non-hydrogen) atoms. The summed E-state index contributed by atoms with van der Waals surface area (Å²) in [4.78, 5) is 0. The summed E-state index contributed by atoms with van der Waals surface area (Å²) >= 11 is 0. The highest BCUT2D eigenvalue weighted by Crippen LogP contribution is 2.62. The molecule has 1 heterocycles. The molecule has 3 aliphatic rings. The molecule has 0 bridgehead atoms. The number of hydrogen-bond acceptors (Lipinski definition) is 3. The fourth-order valence-corrected chi connectivity index (χ4v) is 5.01. The number of ether oxygens (including phenoxy) is 1. The second-order valence-electron chi connectivity index (χ2n) is 7.72. The first kappa shape index (κ1) is 14.8. The monoisotopic (exact) mass is 281 g/mol. The third kappa shape index (κ3) is 2.42. The smallest absolute Gasteiger partial charge is 0.0690 e. The quantitative estimate of drug-likeness (QED) is 0.753. The minimum absolute atomic E-state index is 0.323. The summed E-state index contributed by atoms with van der Waals surface area (Å²) in [7, 11) is 0. The molecule has 2 aliphatic carbocycles. The number of aliphatic hydroxyl groups is 1. The van der Waals surface area contributed by atoms with Crippen molar-refractivity contribution in [3.05, 3.63) is 0 Å². The van der Waals surface area contributed by atoms with Crippen LogP contribution in [0.4, 0.5) is 0 Å². The average Bonchev–Trinajstić information content (AvgIpc) is 2.72. The lowest BCUT2D eigenvalue weighted by atomic mass is 9.46.